The Morgan fingerprint density at radius 2 is 2.05 bits per heavy atom. The maximum absolute atomic E-state index is 12.6. The normalized spacial score (nSPS) is 10.8. The van der Waals surface area contributed by atoms with Crippen LogP contribution in [0, 0.1) is 0 Å². The highest BCUT2D eigenvalue weighted by Gasteiger charge is 2.10. The molecule has 4 nitrogen and oxygen atoms in total. The van der Waals surface area contributed by atoms with E-state index < -0.39 is 0 Å². The summed E-state index contributed by atoms with van der Waals surface area (Å²) in [5, 5.41) is 1.37. The van der Waals surface area contributed by atoms with Gasteiger partial charge in [-0.15, -0.1) is 0 Å². The van der Waals surface area contributed by atoms with E-state index in [-0.39, 0.29) is 5.56 Å². The number of benzene rings is 1. The molecule has 1 aromatic carbocycles. The van der Waals surface area contributed by atoms with Crippen LogP contribution in [-0.2, 0) is 6.54 Å². The zero-order valence-corrected chi connectivity index (χ0v) is 11.8. The summed E-state index contributed by atoms with van der Waals surface area (Å²) in [6.07, 6.45) is 5.42. The zero-order valence-electron chi connectivity index (χ0n) is 11.0. The van der Waals surface area contributed by atoms with Gasteiger partial charge in [-0.25, -0.2) is 4.98 Å². The van der Waals surface area contributed by atoms with Crippen LogP contribution in [0.25, 0.3) is 10.9 Å². The quantitative estimate of drug-likeness (QED) is 0.547. The molecule has 0 unspecified atom stereocenters. The van der Waals surface area contributed by atoms with Gasteiger partial charge in [0.2, 0.25) is 0 Å². The molecule has 0 bridgehead atoms. The SMILES string of the molecule is CSc1nc2ccccc2c(=O)n1Cc1cccnc1. The third-order valence-electron chi connectivity index (χ3n) is 3.07. The summed E-state index contributed by atoms with van der Waals surface area (Å²) >= 11 is 1.48. The molecule has 0 saturated heterocycles. The van der Waals surface area contributed by atoms with Crippen molar-refractivity contribution in [2.24, 2.45) is 0 Å². The highest BCUT2D eigenvalue weighted by atomic mass is 32.2. The lowest BCUT2D eigenvalue weighted by Crippen LogP contribution is -2.23. The van der Waals surface area contributed by atoms with Crippen LogP contribution in [-0.4, -0.2) is 20.8 Å². The summed E-state index contributed by atoms with van der Waals surface area (Å²) in [7, 11) is 0. The van der Waals surface area contributed by atoms with Gasteiger partial charge in [-0.2, -0.15) is 0 Å². The van der Waals surface area contributed by atoms with Crippen LogP contribution in [0.3, 0.4) is 0 Å². The number of thioether (sulfide) groups is 1. The lowest BCUT2D eigenvalue weighted by Gasteiger charge is -2.11. The van der Waals surface area contributed by atoms with Gasteiger partial charge in [0.15, 0.2) is 5.16 Å². The smallest absolute Gasteiger partial charge is 0.262 e. The first-order chi connectivity index (χ1) is 9.79. The van der Waals surface area contributed by atoms with Gasteiger partial charge in [0.25, 0.3) is 5.56 Å². The van der Waals surface area contributed by atoms with Crippen molar-refractivity contribution >= 4 is 22.7 Å². The number of aromatic nitrogens is 3. The molecule has 0 spiro atoms. The standard InChI is InChI=1S/C15H13N3OS/c1-20-15-17-13-7-3-2-6-12(13)14(19)18(15)10-11-5-4-8-16-9-11/h2-9H,10H2,1H3. The second-order valence-corrected chi connectivity index (χ2v) is 5.14. The lowest BCUT2D eigenvalue weighted by atomic mass is 10.2. The van der Waals surface area contributed by atoms with Gasteiger partial charge in [-0.3, -0.25) is 14.3 Å². The first-order valence-corrected chi connectivity index (χ1v) is 7.44. The predicted octanol–water partition coefficient (Wildman–Crippen LogP) is 2.56. The summed E-state index contributed by atoms with van der Waals surface area (Å²) in [5.41, 5.74) is 1.72. The van der Waals surface area contributed by atoms with Crippen molar-refractivity contribution in [1.29, 1.82) is 0 Å². The van der Waals surface area contributed by atoms with Crippen molar-refractivity contribution in [3.8, 4) is 0 Å². The molecule has 3 aromatic rings. The topological polar surface area (TPSA) is 47.8 Å². The Hall–Kier alpha value is -2.14. The Kier molecular flexibility index (Phi) is 3.52. The Labute approximate surface area is 120 Å². The summed E-state index contributed by atoms with van der Waals surface area (Å²) < 4.78 is 1.70. The minimum absolute atomic E-state index is 0.0104. The molecule has 20 heavy (non-hydrogen) atoms. The van der Waals surface area contributed by atoms with E-state index in [4.69, 9.17) is 0 Å². The third-order valence-corrected chi connectivity index (χ3v) is 3.75. The number of hydrogen-bond acceptors (Lipinski definition) is 4. The van der Waals surface area contributed by atoms with Crippen LogP contribution >= 0.6 is 11.8 Å². The summed E-state index contributed by atoms with van der Waals surface area (Å²) in [6.45, 7) is 0.487. The van der Waals surface area contributed by atoms with Crippen LogP contribution in [0.2, 0.25) is 0 Å². The average Bonchev–Trinajstić information content (AvgIpc) is 2.51. The van der Waals surface area contributed by atoms with E-state index in [1.165, 1.54) is 11.8 Å². The van der Waals surface area contributed by atoms with Gasteiger partial charge in [0.05, 0.1) is 17.4 Å². The molecule has 5 heteroatoms. The van der Waals surface area contributed by atoms with E-state index in [0.29, 0.717) is 11.9 Å². The van der Waals surface area contributed by atoms with E-state index in [1.54, 1.807) is 17.0 Å². The molecule has 0 aliphatic carbocycles. The van der Waals surface area contributed by atoms with Crippen LogP contribution in [0.15, 0.2) is 58.7 Å². The van der Waals surface area contributed by atoms with E-state index in [0.717, 1.165) is 16.2 Å². The highest BCUT2D eigenvalue weighted by molar-refractivity contribution is 7.98. The number of pyridine rings is 1. The van der Waals surface area contributed by atoms with E-state index in [9.17, 15) is 4.79 Å². The van der Waals surface area contributed by atoms with Gasteiger partial charge in [-0.1, -0.05) is 30.0 Å². The van der Waals surface area contributed by atoms with Crippen molar-refractivity contribution in [1.82, 2.24) is 14.5 Å². The molecule has 0 N–H and O–H groups in total. The van der Waals surface area contributed by atoms with E-state index >= 15 is 0 Å². The molecular weight excluding hydrogens is 270 g/mol. The predicted molar refractivity (Wildman–Crippen MR) is 81.1 cm³/mol. The summed E-state index contributed by atoms with van der Waals surface area (Å²) in [4.78, 5) is 21.2. The average molecular weight is 283 g/mol. The van der Waals surface area contributed by atoms with Crippen molar-refractivity contribution in [3.05, 3.63) is 64.7 Å². The summed E-state index contributed by atoms with van der Waals surface area (Å²) in [6, 6.07) is 11.3. The van der Waals surface area contributed by atoms with Crippen molar-refractivity contribution in [2.45, 2.75) is 11.7 Å². The molecular formula is C15H13N3OS. The number of hydrogen-bond donors (Lipinski definition) is 0. The highest BCUT2D eigenvalue weighted by Crippen LogP contribution is 2.16. The van der Waals surface area contributed by atoms with Crippen molar-refractivity contribution in [2.75, 3.05) is 6.26 Å². The number of para-hydroxylation sites is 1. The Morgan fingerprint density at radius 3 is 2.80 bits per heavy atom. The Morgan fingerprint density at radius 1 is 1.20 bits per heavy atom. The fraction of sp³-hybridized carbons (Fsp3) is 0.133. The van der Waals surface area contributed by atoms with Gasteiger partial charge >= 0.3 is 0 Å². The molecule has 2 aromatic heterocycles. The van der Waals surface area contributed by atoms with Gasteiger partial charge < -0.3 is 0 Å². The fourth-order valence-electron chi connectivity index (χ4n) is 2.12. The largest absolute Gasteiger partial charge is 0.283 e. The van der Waals surface area contributed by atoms with Crippen LogP contribution in [0.4, 0.5) is 0 Å². The lowest BCUT2D eigenvalue weighted by molar-refractivity contribution is 0.657. The minimum Gasteiger partial charge on any atom is -0.283 e. The zero-order chi connectivity index (χ0) is 13.9. The minimum atomic E-state index is -0.0104. The maximum Gasteiger partial charge on any atom is 0.262 e. The molecule has 0 aliphatic rings. The van der Waals surface area contributed by atoms with Crippen LogP contribution < -0.4 is 5.56 Å². The van der Waals surface area contributed by atoms with Crippen molar-refractivity contribution < 1.29 is 0 Å². The fourth-order valence-corrected chi connectivity index (χ4v) is 2.67. The van der Waals surface area contributed by atoms with Crippen LogP contribution in [0.5, 0.6) is 0 Å². The maximum atomic E-state index is 12.6. The van der Waals surface area contributed by atoms with Gasteiger partial charge in [0, 0.05) is 12.4 Å². The van der Waals surface area contributed by atoms with Gasteiger partial charge in [-0.05, 0) is 30.0 Å². The number of fused-ring (bicyclic) bond motifs is 1. The molecule has 0 amide bonds. The molecule has 0 aliphatic heterocycles. The molecule has 0 atom stereocenters. The molecule has 3 rings (SSSR count). The monoisotopic (exact) mass is 283 g/mol. The van der Waals surface area contributed by atoms with Crippen LogP contribution in [0.1, 0.15) is 5.56 Å². The van der Waals surface area contributed by atoms with Crippen molar-refractivity contribution in [3.63, 3.8) is 0 Å². The second-order valence-electron chi connectivity index (χ2n) is 4.37. The second kappa shape index (κ2) is 5.46. The summed E-state index contributed by atoms with van der Waals surface area (Å²) in [5.74, 6) is 0. The number of nitrogens with zero attached hydrogens (tertiary/aromatic N) is 3. The molecule has 0 saturated carbocycles. The molecule has 0 radical (unpaired) electrons. The number of rotatable bonds is 3. The first-order valence-electron chi connectivity index (χ1n) is 6.22. The van der Waals surface area contributed by atoms with E-state index in [2.05, 4.69) is 9.97 Å². The first kappa shape index (κ1) is 12.9. The Bertz CT molecular complexity index is 799. The van der Waals surface area contributed by atoms with Gasteiger partial charge in [0.1, 0.15) is 0 Å². The molecule has 0 fully saturated rings. The molecule has 100 valence electrons. The molecule has 2 heterocycles. The third kappa shape index (κ3) is 2.32. The Balaban J connectivity index is 2.18. The van der Waals surface area contributed by atoms with E-state index in [1.807, 2.05) is 42.7 Å².